The number of para-hydroxylation sites is 2. The van der Waals surface area contributed by atoms with Crippen molar-refractivity contribution in [2.45, 2.75) is 39.7 Å². The maximum atomic E-state index is 6.18. The number of unbranched alkanes of at least 4 members (excludes halogenated alkanes) is 1. The van der Waals surface area contributed by atoms with E-state index in [1.165, 1.54) is 0 Å². The molecule has 2 rings (SSSR count). The van der Waals surface area contributed by atoms with E-state index in [9.17, 15) is 0 Å². The molecule has 21 heavy (non-hydrogen) atoms. The number of ether oxygens (including phenoxy) is 1. The quantitative estimate of drug-likeness (QED) is 0.759. The summed E-state index contributed by atoms with van der Waals surface area (Å²) in [6.45, 7) is 5.38. The molecule has 0 atom stereocenters. The van der Waals surface area contributed by atoms with Crippen LogP contribution in [0.15, 0.2) is 24.3 Å². The van der Waals surface area contributed by atoms with Crippen molar-refractivity contribution in [3.05, 3.63) is 40.9 Å². The number of nitrogens with one attached hydrogen (secondary N) is 2. The zero-order chi connectivity index (χ0) is 15.1. The third kappa shape index (κ3) is 4.39. The van der Waals surface area contributed by atoms with Gasteiger partial charge in [0.05, 0.1) is 24.5 Å². The Morgan fingerprint density at radius 3 is 2.86 bits per heavy atom. The van der Waals surface area contributed by atoms with Crippen molar-refractivity contribution in [1.29, 1.82) is 0 Å². The van der Waals surface area contributed by atoms with Gasteiger partial charge in [-0.3, -0.25) is 0 Å². The molecule has 1 aromatic heterocycles. The number of aryl methyl sites for hydroxylation is 1. The van der Waals surface area contributed by atoms with E-state index in [1.54, 1.807) is 0 Å². The molecule has 1 aromatic carbocycles. The second kappa shape index (κ2) is 7.93. The van der Waals surface area contributed by atoms with Crippen LogP contribution in [0.2, 0.25) is 5.15 Å². The molecule has 0 bridgehead atoms. The normalized spacial score (nSPS) is 10.6. The predicted octanol–water partition coefficient (Wildman–Crippen LogP) is 4.42. The first-order valence-electron chi connectivity index (χ1n) is 7.43. The summed E-state index contributed by atoms with van der Waals surface area (Å²) in [5.74, 6) is 1.80. The minimum Gasteiger partial charge on any atom is -0.492 e. The van der Waals surface area contributed by atoms with E-state index in [-0.39, 0.29) is 0 Å². The van der Waals surface area contributed by atoms with Crippen LogP contribution < -0.4 is 10.1 Å². The highest BCUT2D eigenvalue weighted by Crippen LogP contribution is 2.25. The van der Waals surface area contributed by atoms with Crippen LogP contribution in [0, 0.1) is 0 Å². The Bertz CT molecular complexity index is 568. The van der Waals surface area contributed by atoms with Crippen LogP contribution in [-0.2, 0) is 13.0 Å². The molecule has 0 saturated carbocycles. The number of aromatic nitrogens is 2. The Kier molecular flexibility index (Phi) is 5.93. The van der Waals surface area contributed by atoms with E-state index in [0.717, 1.165) is 42.2 Å². The van der Waals surface area contributed by atoms with Gasteiger partial charge in [-0.05, 0) is 25.5 Å². The molecule has 0 aliphatic heterocycles. The van der Waals surface area contributed by atoms with Gasteiger partial charge in [-0.2, -0.15) is 0 Å². The van der Waals surface area contributed by atoms with E-state index < -0.39 is 0 Å². The molecule has 0 amide bonds. The Hall–Kier alpha value is -1.68. The van der Waals surface area contributed by atoms with Crippen LogP contribution in [0.3, 0.4) is 0 Å². The van der Waals surface area contributed by atoms with Gasteiger partial charge in [0, 0.05) is 6.42 Å². The standard InChI is InChI=1S/C16H22ClN3O/c1-3-5-10-15-19-13(16(17)20-15)11-18-12-8-6-7-9-14(12)21-4-2/h6-9,18H,3-5,10-11H2,1-2H3,(H,19,20). The van der Waals surface area contributed by atoms with Gasteiger partial charge in [0.2, 0.25) is 0 Å². The molecule has 0 fully saturated rings. The summed E-state index contributed by atoms with van der Waals surface area (Å²) in [6.07, 6.45) is 3.20. The fraction of sp³-hybridized carbons (Fsp3) is 0.438. The van der Waals surface area contributed by atoms with Crippen LogP contribution in [0.1, 0.15) is 38.2 Å². The van der Waals surface area contributed by atoms with E-state index in [2.05, 4.69) is 22.2 Å². The summed E-state index contributed by atoms with van der Waals surface area (Å²) in [5.41, 5.74) is 1.87. The maximum absolute atomic E-state index is 6.18. The van der Waals surface area contributed by atoms with Gasteiger partial charge in [-0.25, -0.2) is 4.98 Å². The molecule has 4 nitrogen and oxygen atoms in total. The molecular weight excluding hydrogens is 286 g/mol. The summed E-state index contributed by atoms with van der Waals surface area (Å²) >= 11 is 6.18. The molecule has 1 heterocycles. The second-order valence-corrected chi connectivity index (χ2v) is 5.20. The molecule has 0 aliphatic carbocycles. The maximum Gasteiger partial charge on any atom is 0.152 e. The van der Waals surface area contributed by atoms with Crippen molar-refractivity contribution in [1.82, 2.24) is 9.97 Å². The number of benzene rings is 1. The Morgan fingerprint density at radius 1 is 1.29 bits per heavy atom. The third-order valence-electron chi connectivity index (χ3n) is 3.19. The fourth-order valence-electron chi connectivity index (χ4n) is 2.10. The molecule has 2 aromatic rings. The van der Waals surface area contributed by atoms with E-state index in [0.29, 0.717) is 18.3 Å². The summed E-state index contributed by atoms with van der Waals surface area (Å²) in [6, 6.07) is 7.88. The minimum absolute atomic E-state index is 0.544. The molecule has 5 heteroatoms. The second-order valence-electron chi connectivity index (χ2n) is 4.84. The van der Waals surface area contributed by atoms with Crippen LogP contribution >= 0.6 is 11.6 Å². The molecule has 0 aliphatic rings. The Labute approximate surface area is 130 Å². The lowest BCUT2D eigenvalue weighted by molar-refractivity contribution is 0.341. The first kappa shape index (κ1) is 15.7. The summed E-state index contributed by atoms with van der Waals surface area (Å²) in [5, 5.41) is 3.89. The average Bonchev–Trinajstić information content (AvgIpc) is 2.85. The van der Waals surface area contributed by atoms with Crippen molar-refractivity contribution < 1.29 is 4.74 Å². The number of aromatic amines is 1. The first-order valence-corrected chi connectivity index (χ1v) is 7.81. The van der Waals surface area contributed by atoms with Gasteiger partial charge >= 0.3 is 0 Å². The lowest BCUT2D eigenvalue weighted by Crippen LogP contribution is -2.03. The first-order chi connectivity index (χ1) is 10.2. The van der Waals surface area contributed by atoms with Crippen LogP contribution in [0.5, 0.6) is 5.75 Å². The molecule has 0 spiro atoms. The topological polar surface area (TPSA) is 49.9 Å². The Balaban J connectivity index is 2.01. The third-order valence-corrected chi connectivity index (χ3v) is 3.50. The largest absolute Gasteiger partial charge is 0.492 e. The fourth-order valence-corrected chi connectivity index (χ4v) is 2.31. The van der Waals surface area contributed by atoms with Crippen LogP contribution in [0.4, 0.5) is 5.69 Å². The van der Waals surface area contributed by atoms with Crippen LogP contribution in [-0.4, -0.2) is 16.6 Å². The molecule has 0 saturated heterocycles. The smallest absolute Gasteiger partial charge is 0.152 e. The zero-order valence-corrected chi connectivity index (χ0v) is 13.3. The van der Waals surface area contributed by atoms with Gasteiger partial charge in [0.1, 0.15) is 11.6 Å². The highest BCUT2D eigenvalue weighted by Gasteiger charge is 2.09. The monoisotopic (exact) mass is 307 g/mol. The van der Waals surface area contributed by atoms with Gasteiger partial charge in [0.25, 0.3) is 0 Å². The predicted molar refractivity (Wildman–Crippen MR) is 87.1 cm³/mol. The molecular formula is C16H22ClN3O. The number of hydrogen-bond acceptors (Lipinski definition) is 3. The molecule has 2 N–H and O–H groups in total. The SMILES string of the molecule is CCCCc1nc(Cl)c(CNc2ccccc2OCC)[nH]1. The van der Waals surface area contributed by atoms with Gasteiger partial charge in [-0.15, -0.1) is 0 Å². The lowest BCUT2D eigenvalue weighted by Gasteiger charge is -2.11. The minimum atomic E-state index is 0.544. The average molecular weight is 308 g/mol. The van der Waals surface area contributed by atoms with Crippen molar-refractivity contribution in [2.24, 2.45) is 0 Å². The summed E-state index contributed by atoms with van der Waals surface area (Å²) < 4.78 is 5.59. The lowest BCUT2D eigenvalue weighted by atomic mass is 10.2. The summed E-state index contributed by atoms with van der Waals surface area (Å²) in [4.78, 5) is 7.65. The van der Waals surface area contributed by atoms with Gasteiger partial charge < -0.3 is 15.0 Å². The number of H-pyrrole nitrogens is 1. The highest BCUT2D eigenvalue weighted by molar-refractivity contribution is 6.30. The van der Waals surface area contributed by atoms with Crippen molar-refractivity contribution in [3.8, 4) is 5.75 Å². The van der Waals surface area contributed by atoms with Gasteiger partial charge in [0.15, 0.2) is 5.15 Å². The number of halogens is 1. The van der Waals surface area contributed by atoms with Crippen molar-refractivity contribution in [3.63, 3.8) is 0 Å². The highest BCUT2D eigenvalue weighted by atomic mass is 35.5. The van der Waals surface area contributed by atoms with Crippen LogP contribution in [0.25, 0.3) is 0 Å². The molecule has 0 radical (unpaired) electrons. The van der Waals surface area contributed by atoms with E-state index in [1.807, 2.05) is 31.2 Å². The number of hydrogen-bond donors (Lipinski definition) is 2. The molecule has 0 unspecified atom stereocenters. The molecule has 114 valence electrons. The number of rotatable bonds is 8. The zero-order valence-electron chi connectivity index (χ0n) is 12.6. The van der Waals surface area contributed by atoms with Crippen molar-refractivity contribution in [2.75, 3.05) is 11.9 Å². The van der Waals surface area contributed by atoms with E-state index in [4.69, 9.17) is 16.3 Å². The van der Waals surface area contributed by atoms with Gasteiger partial charge in [-0.1, -0.05) is 37.1 Å². The number of imidazole rings is 1. The number of nitrogens with zero attached hydrogens (tertiary/aromatic N) is 1. The number of anilines is 1. The van der Waals surface area contributed by atoms with Crippen molar-refractivity contribution >= 4 is 17.3 Å². The van der Waals surface area contributed by atoms with E-state index >= 15 is 0 Å². The summed E-state index contributed by atoms with van der Waals surface area (Å²) in [7, 11) is 0. The Morgan fingerprint density at radius 2 is 2.10 bits per heavy atom.